The molecule has 0 radical (unpaired) electrons. The van der Waals surface area contributed by atoms with Gasteiger partial charge in [0.1, 0.15) is 11.4 Å². The quantitative estimate of drug-likeness (QED) is 0.812. The average Bonchev–Trinajstić information content (AvgIpc) is 2.42. The van der Waals surface area contributed by atoms with E-state index in [0.29, 0.717) is 11.9 Å². The van der Waals surface area contributed by atoms with Gasteiger partial charge in [0.05, 0.1) is 5.52 Å². The van der Waals surface area contributed by atoms with Crippen LogP contribution in [0.3, 0.4) is 0 Å². The van der Waals surface area contributed by atoms with Crippen molar-refractivity contribution in [2.24, 2.45) is 7.05 Å². The van der Waals surface area contributed by atoms with E-state index >= 15 is 0 Å². The van der Waals surface area contributed by atoms with Crippen molar-refractivity contribution in [1.29, 1.82) is 0 Å². The number of aromatic nitrogens is 1. The topological polar surface area (TPSA) is 71.3 Å². The molecule has 0 atom stereocenters. The normalized spacial score (nSPS) is 10.8. The van der Waals surface area contributed by atoms with E-state index in [4.69, 9.17) is 5.11 Å². The summed E-state index contributed by atoms with van der Waals surface area (Å²) in [5, 5.41) is 11.4. The van der Waals surface area contributed by atoms with Crippen molar-refractivity contribution in [3.63, 3.8) is 0 Å². The van der Waals surface area contributed by atoms with Gasteiger partial charge >= 0.3 is 0 Å². The lowest BCUT2D eigenvalue weighted by Crippen LogP contribution is -2.30. The predicted molar refractivity (Wildman–Crippen MR) is 73.2 cm³/mol. The molecule has 0 aliphatic heterocycles. The van der Waals surface area contributed by atoms with Gasteiger partial charge in [-0.15, -0.1) is 0 Å². The van der Waals surface area contributed by atoms with Crippen LogP contribution >= 0.6 is 0 Å². The largest absolute Gasteiger partial charge is 0.396 e. The third kappa shape index (κ3) is 2.70. The summed E-state index contributed by atoms with van der Waals surface area (Å²) in [7, 11) is 1.68. The van der Waals surface area contributed by atoms with Crippen LogP contribution < -0.4 is 10.7 Å². The van der Waals surface area contributed by atoms with Gasteiger partial charge in [0.15, 0.2) is 0 Å². The first-order valence-electron chi connectivity index (χ1n) is 6.22. The molecule has 6 heteroatoms. The molecule has 2 N–H and O–H groups in total. The van der Waals surface area contributed by atoms with Gasteiger partial charge < -0.3 is 15.0 Å². The number of aliphatic hydroxyl groups is 1. The number of benzene rings is 1. The van der Waals surface area contributed by atoms with Gasteiger partial charge in [-0.25, -0.2) is 4.39 Å². The molecule has 2 rings (SSSR count). The highest BCUT2D eigenvalue weighted by atomic mass is 19.1. The lowest BCUT2D eigenvalue weighted by atomic mass is 10.1. The summed E-state index contributed by atoms with van der Waals surface area (Å²) in [6.45, 7) is 0.237. The van der Waals surface area contributed by atoms with E-state index in [1.165, 1.54) is 18.3 Å². The molecule has 0 aliphatic rings. The summed E-state index contributed by atoms with van der Waals surface area (Å²) >= 11 is 0. The second-order valence-electron chi connectivity index (χ2n) is 4.48. The Labute approximate surface area is 114 Å². The molecule has 1 heterocycles. The molecular weight excluding hydrogens is 263 g/mol. The van der Waals surface area contributed by atoms with Gasteiger partial charge in [0.25, 0.3) is 5.91 Å². The van der Waals surface area contributed by atoms with Crippen LogP contribution in [0, 0.1) is 5.82 Å². The molecule has 1 aromatic heterocycles. The van der Waals surface area contributed by atoms with Gasteiger partial charge in [0, 0.05) is 31.8 Å². The van der Waals surface area contributed by atoms with Crippen molar-refractivity contribution in [2.45, 2.75) is 6.42 Å². The number of pyridine rings is 1. The maximum absolute atomic E-state index is 13.3. The van der Waals surface area contributed by atoms with Crippen molar-refractivity contribution in [3.05, 3.63) is 46.0 Å². The van der Waals surface area contributed by atoms with Crippen LogP contribution in [0.4, 0.5) is 4.39 Å². The number of fused-ring (bicyclic) bond motifs is 1. The maximum atomic E-state index is 13.3. The first kappa shape index (κ1) is 14.2. The number of aryl methyl sites for hydroxylation is 1. The first-order valence-corrected chi connectivity index (χ1v) is 6.22. The van der Waals surface area contributed by atoms with Crippen LogP contribution in [0.1, 0.15) is 16.8 Å². The van der Waals surface area contributed by atoms with E-state index < -0.39 is 17.2 Å². The zero-order valence-electron chi connectivity index (χ0n) is 11.0. The standard InChI is InChI=1S/C14H15FN2O3/c1-17-8-11(14(20)16-5-2-6-18)13(19)10-7-9(15)3-4-12(10)17/h3-4,7-8,18H,2,5-6H2,1H3,(H,16,20). The number of halogens is 1. The average molecular weight is 278 g/mol. The fraction of sp³-hybridized carbons (Fsp3) is 0.286. The summed E-state index contributed by atoms with van der Waals surface area (Å²) < 4.78 is 14.9. The Morgan fingerprint density at radius 1 is 1.45 bits per heavy atom. The van der Waals surface area contributed by atoms with E-state index in [1.807, 2.05) is 0 Å². The van der Waals surface area contributed by atoms with Gasteiger partial charge in [-0.1, -0.05) is 0 Å². The highest BCUT2D eigenvalue weighted by Gasteiger charge is 2.14. The Balaban J connectivity index is 2.47. The van der Waals surface area contributed by atoms with Gasteiger partial charge in [0.2, 0.25) is 5.43 Å². The monoisotopic (exact) mass is 278 g/mol. The first-order chi connectivity index (χ1) is 9.54. The lowest BCUT2D eigenvalue weighted by molar-refractivity contribution is 0.0949. The van der Waals surface area contributed by atoms with E-state index in [0.717, 1.165) is 6.07 Å². The minimum absolute atomic E-state index is 0.0384. The third-order valence-corrected chi connectivity index (χ3v) is 3.02. The molecule has 0 unspecified atom stereocenters. The van der Waals surface area contributed by atoms with Crippen molar-refractivity contribution >= 4 is 16.8 Å². The number of carbonyl (C=O) groups excluding carboxylic acids is 1. The number of hydrogen-bond donors (Lipinski definition) is 2. The van der Waals surface area contributed by atoms with Crippen LogP contribution in [0.5, 0.6) is 0 Å². The summed E-state index contributed by atoms with van der Waals surface area (Å²) in [6.07, 6.45) is 1.84. The molecule has 0 saturated heterocycles. The number of carbonyl (C=O) groups is 1. The summed E-state index contributed by atoms with van der Waals surface area (Å²) in [4.78, 5) is 24.1. The van der Waals surface area contributed by atoms with E-state index in [2.05, 4.69) is 5.32 Å². The number of aliphatic hydroxyl groups excluding tert-OH is 1. The molecule has 0 saturated carbocycles. The third-order valence-electron chi connectivity index (χ3n) is 3.02. The maximum Gasteiger partial charge on any atom is 0.256 e. The van der Waals surface area contributed by atoms with Crippen LogP contribution in [0.2, 0.25) is 0 Å². The molecule has 0 spiro atoms. The zero-order chi connectivity index (χ0) is 14.7. The summed E-state index contributed by atoms with van der Waals surface area (Å²) in [5.74, 6) is -1.04. The number of nitrogens with one attached hydrogen (secondary N) is 1. The molecule has 20 heavy (non-hydrogen) atoms. The van der Waals surface area contributed by atoms with Crippen LogP contribution in [0.25, 0.3) is 10.9 Å². The van der Waals surface area contributed by atoms with Crippen LogP contribution in [-0.4, -0.2) is 28.7 Å². The molecule has 2 aromatic rings. The molecule has 0 aliphatic carbocycles. The Bertz CT molecular complexity index is 709. The van der Waals surface area contributed by atoms with Crippen molar-refractivity contribution in [1.82, 2.24) is 9.88 Å². The van der Waals surface area contributed by atoms with Crippen molar-refractivity contribution < 1.29 is 14.3 Å². The second-order valence-corrected chi connectivity index (χ2v) is 4.48. The number of hydrogen-bond acceptors (Lipinski definition) is 3. The van der Waals surface area contributed by atoms with Crippen LogP contribution in [-0.2, 0) is 7.05 Å². The Hall–Kier alpha value is -2.21. The fourth-order valence-corrected chi connectivity index (χ4v) is 2.00. The second kappa shape index (κ2) is 5.83. The molecule has 1 aromatic carbocycles. The number of rotatable bonds is 4. The zero-order valence-corrected chi connectivity index (χ0v) is 11.0. The Morgan fingerprint density at radius 2 is 2.20 bits per heavy atom. The number of nitrogens with zero attached hydrogens (tertiary/aromatic N) is 1. The molecule has 0 bridgehead atoms. The highest BCUT2D eigenvalue weighted by molar-refractivity contribution is 5.97. The Morgan fingerprint density at radius 3 is 2.90 bits per heavy atom. The SMILES string of the molecule is Cn1cc(C(=O)NCCCO)c(=O)c2cc(F)ccc21. The van der Waals surface area contributed by atoms with Crippen molar-refractivity contribution in [3.8, 4) is 0 Å². The van der Waals surface area contributed by atoms with Gasteiger partial charge in [-0.2, -0.15) is 0 Å². The van der Waals surface area contributed by atoms with Gasteiger partial charge in [-0.3, -0.25) is 9.59 Å². The molecule has 106 valence electrons. The smallest absolute Gasteiger partial charge is 0.256 e. The molecule has 0 fully saturated rings. The van der Waals surface area contributed by atoms with E-state index in [1.54, 1.807) is 11.6 Å². The minimum atomic E-state index is -0.523. The van der Waals surface area contributed by atoms with Crippen molar-refractivity contribution in [2.75, 3.05) is 13.2 Å². The summed E-state index contributed by atoms with van der Waals surface area (Å²) in [6, 6.07) is 3.89. The molecule has 5 nitrogen and oxygen atoms in total. The molecular formula is C14H15FN2O3. The van der Waals surface area contributed by atoms with Crippen LogP contribution in [0.15, 0.2) is 29.2 Å². The predicted octanol–water partition coefficient (Wildman–Crippen LogP) is 0.790. The van der Waals surface area contributed by atoms with E-state index in [9.17, 15) is 14.0 Å². The highest BCUT2D eigenvalue weighted by Crippen LogP contribution is 2.12. The fourth-order valence-electron chi connectivity index (χ4n) is 2.00. The van der Waals surface area contributed by atoms with Gasteiger partial charge in [-0.05, 0) is 24.6 Å². The summed E-state index contributed by atoms with van der Waals surface area (Å²) in [5.41, 5.74) is 0.0194. The minimum Gasteiger partial charge on any atom is -0.396 e. The molecule has 1 amide bonds. The van der Waals surface area contributed by atoms with E-state index in [-0.39, 0.29) is 24.1 Å². The lowest BCUT2D eigenvalue weighted by Gasteiger charge is -2.09. The Kier molecular flexibility index (Phi) is 4.14. The number of amides is 1.